The summed E-state index contributed by atoms with van der Waals surface area (Å²) in [5.74, 6) is -1.76. The Morgan fingerprint density at radius 3 is 2.41 bits per heavy atom. The van der Waals surface area contributed by atoms with Crippen LogP contribution in [0.25, 0.3) is 0 Å². The Bertz CT molecular complexity index is 1150. The monoisotopic (exact) mass is 462 g/mol. The molecule has 176 valence electrons. The molecule has 3 aliphatic heterocycles. The number of piperidine rings is 1. The van der Waals surface area contributed by atoms with Gasteiger partial charge in [-0.1, -0.05) is 12.1 Å². The van der Waals surface area contributed by atoms with Crippen molar-refractivity contribution in [2.24, 2.45) is 0 Å². The number of carboxylic acid groups (broad SMARTS) is 1. The SMILES string of the molecule is O=C1CCC(N2Cc3cc(N4CCN(Cc5ccc(C(=O)O)cc5)CC4)ccc3C2=O)C(=O)N1. The number of anilines is 1. The minimum Gasteiger partial charge on any atom is -0.478 e. The van der Waals surface area contributed by atoms with Crippen molar-refractivity contribution < 1.29 is 24.3 Å². The molecule has 2 fully saturated rings. The van der Waals surface area contributed by atoms with Crippen molar-refractivity contribution in [1.29, 1.82) is 0 Å². The number of carboxylic acids is 1. The smallest absolute Gasteiger partial charge is 0.335 e. The number of aromatic carboxylic acids is 1. The average molecular weight is 463 g/mol. The lowest BCUT2D eigenvalue weighted by atomic mass is 10.0. The molecule has 0 aromatic heterocycles. The summed E-state index contributed by atoms with van der Waals surface area (Å²) in [5.41, 5.74) is 3.97. The third-order valence-electron chi connectivity index (χ3n) is 6.85. The first-order chi connectivity index (χ1) is 16.4. The van der Waals surface area contributed by atoms with Gasteiger partial charge in [0.15, 0.2) is 0 Å². The van der Waals surface area contributed by atoms with Gasteiger partial charge in [0, 0.05) is 56.9 Å². The standard InChI is InChI=1S/C25H26N4O5/c30-22-8-7-21(23(31)26-22)29-15-18-13-19(5-6-20(18)24(29)32)28-11-9-27(10-12-28)14-16-1-3-17(4-2-16)25(33)34/h1-6,13,21H,7-12,14-15H2,(H,33,34)(H,26,30,31). The highest BCUT2D eigenvalue weighted by Gasteiger charge is 2.39. The number of carbonyl (C=O) groups is 4. The van der Waals surface area contributed by atoms with Gasteiger partial charge in [-0.05, 0) is 47.9 Å². The van der Waals surface area contributed by atoms with Crippen LogP contribution in [0.15, 0.2) is 42.5 Å². The molecule has 5 rings (SSSR count). The second-order valence-electron chi connectivity index (χ2n) is 9.01. The molecule has 0 aliphatic carbocycles. The van der Waals surface area contributed by atoms with Crippen LogP contribution in [0.5, 0.6) is 0 Å². The van der Waals surface area contributed by atoms with E-state index in [1.165, 1.54) is 0 Å². The van der Waals surface area contributed by atoms with Crippen molar-refractivity contribution in [2.45, 2.75) is 32.0 Å². The highest BCUT2D eigenvalue weighted by atomic mass is 16.4. The van der Waals surface area contributed by atoms with E-state index in [4.69, 9.17) is 5.11 Å². The minimum absolute atomic E-state index is 0.158. The Labute approximate surface area is 196 Å². The molecular weight excluding hydrogens is 436 g/mol. The second kappa shape index (κ2) is 8.90. The molecule has 0 spiro atoms. The number of imide groups is 1. The number of piperazine rings is 1. The fourth-order valence-electron chi connectivity index (χ4n) is 4.93. The van der Waals surface area contributed by atoms with Crippen LogP contribution < -0.4 is 10.2 Å². The fraction of sp³-hybridized carbons (Fsp3) is 0.360. The van der Waals surface area contributed by atoms with E-state index >= 15 is 0 Å². The summed E-state index contributed by atoms with van der Waals surface area (Å²) in [6.45, 7) is 4.58. The number of nitrogens with one attached hydrogen (secondary N) is 1. The highest BCUT2D eigenvalue weighted by Crippen LogP contribution is 2.31. The topological polar surface area (TPSA) is 110 Å². The summed E-state index contributed by atoms with van der Waals surface area (Å²) in [7, 11) is 0. The van der Waals surface area contributed by atoms with Crippen LogP contribution in [-0.2, 0) is 22.7 Å². The molecule has 1 atom stereocenters. The van der Waals surface area contributed by atoms with E-state index in [0.717, 1.165) is 49.5 Å². The number of hydrogen-bond acceptors (Lipinski definition) is 6. The lowest BCUT2D eigenvalue weighted by Gasteiger charge is -2.36. The molecule has 2 saturated heterocycles. The maximum absolute atomic E-state index is 12.9. The molecule has 34 heavy (non-hydrogen) atoms. The van der Waals surface area contributed by atoms with Gasteiger partial charge in [0.2, 0.25) is 11.8 Å². The van der Waals surface area contributed by atoms with Crippen molar-refractivity contribution >= 4 is 29.4 Å². The maximum atomic E-state index is 12.9. The molecule has 3 heterocycles. The van der Waals surface area contributed by atoms with Gasteiger partial charge >= 0.3 is 5.97 Å². The molecule has 2 aromatic rings. The summed E-state index contributed by atoms with van der Waals surface area (Å²) < 4.78 is 0. The van der Waals surface area contributed by atoms with Crippen LogP contribution in [0.4, 0.5) is 5.69 Å². The van der Waals surface area contributed by atoms with Crippen molar-refractivity contribution in [3.05, 3.63) is 64.7 Å². The molecule has 1 unspecified atom stereocenters. The number of benzene rings is 2. The molecule has 3 aliphatic rings. The molecule has 0 saturated carbocycles. The van der Waals surface area contributed by atoms with Gasteiger partial charge in [0.05, 0.1) is 5.56 Å². The Balaban J connectivity index is 1.20. The predicted octanol–water partition coefficient (Wildman–Crippen LogP) is 1.47. The lowest BCUT2D eigenvalue weighted by molar-refractivity contribution is -0.136. The first kappa shape index (κ1) is 22.1. The van der Waals surface area contributed by atoms with Crippen LogP contribution in [0.3, 0.4) is 0 Å². The van der Waals surface area contributed by atoms with Crippen molar-refractivity contribution in [1.82, 2.24) is 15.1 Å². The Morgan fingerprint density at radius 1 is 1.00 bits per heavy atom. The van der Waals surface area contributed by atoms with Crippen LogP contribution in [0, 0.1) is 0 Å². The summed E-state index contributed by atoms with van der Waals surface area (Å²) in [6.07, 6.45) is 0.605. The zero-order valence-electron chi connectivity index (χ0n) is 18.7. The first-order valence-electron chi connectivity index (χ1n) is 11.5. The maximum Gasteiger partial charge on any atom is 0.335 e. The highest BCUT2D eigenvalue weighted by molar-refractivity contribution is 6.05. The molecule has 2 aromatic carbocycles. The molecule has 2 N–H and O–H groups in total. The molecular formula is C25H26N4O5. The normalized spacial score (nSPS) is 20.9. The summed E-state index contributed by atoms with van der Waals surface area (Å²) in [4.78, 5) is 53.8. The van der Waals surface area contributed by atoms with Gasteiger partial charge in [-0.3, -0.25) is 24.6 Å². The van der Waals surface area contributed by atoms with Crippen LogP contribution in [-0.4, -0.2) is 70.8 Å². The van der Waals surface area contributed by atoms with E-state index in [-0.39, 0.29) is 18.2 Å². The van der Waals surface area contributed by atoms with E-state index in [9.17, 15) is 19.2 Å². The molecule has 0 bridgehead atoms. The Morgan fingerprint density at radius 2 is 1.74 bits per heavy atom. The van der Waals surface area contributed by atoms with Crippen LogP contribution in [0.2, 0.25) is 0 Å². The first-order valence-corrected chi connectivity index (χ1v) is 11.5. The van der Waals surface area contributed by atoms with Crippen molar-refractivity contribution in [3.8, 4) is 0 Å². The average Bonchev–Trinajstić information content (AvgIpc) is 3.15. The van der Waals surface area contributed by atoms with Gasteiger partial charge < -0.3 is 14.9 Å². The van der Waals surface area contributed by atoms with E-state index in [0.29, 0.717) is 24.1 Å². The number of nitrogens with zero attached hydrogens (tertiary/aromatic N) is 3. The molecule has 9 heteroatoms. The van der Waals surface area contributed by atoms with Gasteiger partial charge in [-0.25, -0.2) is 4.79 Å². The van der Waals surface area contributed by atoms with Crippen LogP contribution >= 0.6 is 0 Å². The predicted molar refractivity (Wildman–Crippen MR) is 123 cm³/mol. The van der Waals surface area contributed by atoms with Gasteiger partial charge in [-0.2, -0.15) is 0 Å². The number of fused-ring (bicyclic) bond motifs is 1. The quantitative estimate of drug-likeness (QED) is 0.648. The Hall–Kier alpha value is -3.72. The van der Waals surface area contributed by atoms with E-state index < -0.39 is 17.9 Å². The number of amides is 3. The van der Waals surface area contributed by atoms with Gasteiger partial charge in [0.1, 0.15) is 6.04 Å². The van der Waals surface area contributed by atoms with Gasteiger partial charge in [0.25, 0.3) is 5.91 Å². The second-order valence-corrected chi connectivity index (χ2v) is 9.01. The van der Waals surface area contributed by atoms with E-state index in [1.807, 2.05) is 30.3 Å². The molecule has 9 nitrogen and oxygen atoms in total. The van der Waals surface area contributed by atoms with E-state index in [2.05, 4.69) is 15.1 Å². The van der Waals surface area contributed by atoms with Crippen molar-refractivity contribution in [2.75, 3.05) is 31.1 Å². The van der Waals surface area contributed by atoms with Crippen LogP contribution in [0.1, 0.15) is 44.7 Å². The third-order valence-corrected chi connectivity index (χ3v) is 6.85. The fourth-order valence-corrected chi connectivity index (χ4v) is 4.93. The number of hydrogen-bond donors (Lipinski definition) is 2. The Kier molecular flexibility index (Phi) is 5.79. The van der Waals surface area contributed by atoms with E-state index in [1.54, 1.807) is 17.0 Å². The zero-order chi connectivity index (χ0) is 23.8. The van der Waals surface area contributed by atoms with Gasteiger partial charge in [-0.15, -0.1) is 0 Å². The molecule has 3 amide bonds. The molecule has 0 radical (unpaired) electrons. The summed E-state index contributed by atoms with van der Waals surface area (Å²) >= 11 is 0. The summed E-state index contributed by atoms with van der Waals surface area (Å²) in [5, 5.41) is 11.4. The number of rotatable bonds is 5. The van der Waals surface area contributed by atoms with Crippen molar-refractivity contribution in [3.63, 3.8) is 0 Å². The lowest BCUT2D eigenvalue weighted by Crippen LogP contribution is -2.52. The largest absolute Gasteiger partial charge is 0.478 e. The number of carbonyl (C=O) groups excluding carboxylic acids is 3. The third kappa shape index (κ3) is 4.26. The zero-order valence-corrected chi connectivity index (χ0v) is 18.7. The summed E-state index contributed by atoms with van der Waals surface area (Å²) in [6, 6.07) is 12.2. The minimum atomic E-state index is -0.920.